The molecule has 1 fully saturated rings. The normalized spacial score (nSPS) is 15.0. The first-order chi connectivity index (χ1) is 19.4. The number of likely N-dealkylation sites (tertiary alicyclic amines) is 1. The van der Waals surface area contributed by atoms with Crippen LogP contribution in [0.2, 0.25) is 0 Å². The number of carbonyl (C=O) groups excluding carboxylic acids is 2. The fraction of sp³-hybridized carbons (Fsp3) is 0.207. The highest BCUT2D eigenvalue weighted by molar-refractivity contribution is 7.22. The lowest BCUT2D eigenvalue weighted by Gasteiger charge is -2.14. The van der Waals surface area contributed by atoms with Crippen LogP contribution in [0.5, 0.6) is 17.2 Å². The Hall–Kier alpha value is -4.77. The van der Waals surface area contributed by atoms with E-state index in [0.29, 0.717) is 46.3 Å². The third-order valence-corrected chi connectivity index (χ3v) is 7.46. The molecule has 0 aliphatic carbocycles. The molecule has 3 heterocycles. The average Bonchev–Trinajstić information content (AvgIpc) is 3.66. The molecule has 1 unspecified atom stereocenters. The molecule has 0 radical (unpaired) electrons. The molecular weight excluding hydrogens is 530 g/mol. The highest BCUT2D eigenvalue weighted by atomic mass is 32.1. The van der Waals surface area contributed by atoms with Crippen LogP contribution in [0, 0.1) is 12.8 Å². The second-order valence-corrected chi connectivity index (χ2v) is 10.5. The Labute approximate surface area is 233 Å². The predicted octanol–water partition coefficient (Wildman–Crippen LogP) is 5.56. The standard InChI is InChI=1S/C29H25N5O5S/c1-17-32-33-27(38-17)18-7-9-21(10-8-18)39-23-14-20(13-22(15-23)37-16-19-11-12-34(2)28(19)36)26(35)31-29-30-24-5-3-4-6-25(24)40-29/h3-10,13-15,19H,11-12,16H2,1-2H3,(H,30,31,35). The van der Waals surface area contributed by atoms with Crippen LogP contribution >= 0.6 is 11.3 Å². The topological polar surface area (TPSA) is 120 Å². The molecular formula is C29H25N5O5S. The van der Waals surface area contributed by atoms with E-state index in [1.54, 1.807) is 49.2 Å². The molecule has 202 valence electrons. The maximum Gasteiger partial charge on any atom is 0.257 e. The molecule has 1 atom stereocenters. The molecule has 2 aromatic heterocycles. The molecule has 1 aliphatic heterocycles. The summed E-state index contributed by atoms with van der Waals surface area (Å²) >= 11 is 1.39. The van der Waals surface area contributed by atoms with Gasteiger partial charge in [0, 0.05) is 37.7 Å². The van der Waals surface area contributed by atoms with Crippen LogP contribution in [0.4, 0.5) is 5.13 Å². The SMILES string of the molecule is Cc1nnc(-c2ccc(Oc3cc(OCC4CCN(C)C4=O)cc(C(=O)Nc4nc5ccccc5s4)c3)cc2)o1. The van der Waals surface area contributed by atoms with Crippen LogP contribution in [-0.2, 0) is 4.79 Å². The summed E-state index contributed by atoms with van der Waals surface area (Å²) in [7, 11) is 1.78. The summed E-state index contributed by atoms with van der Waals surface area (Å²) in [5, 5.41) is 11.3. The van der Waals surface area contributed by atoms with Crippen LogP contribution < -0.4 is 14.8 Å². The van der Waals surface area contributed by atoms with Gasteiger partial charge in [-0.25, -0.2) is 4.98 Å². The summed E-state index contributed by atoms with van der Waals surface area (Å²) in [5.41, 5.74) is 1.90. The minimum absolute atomic E-state index is 0.0535. The summed E-state index contributed by atoms with van der Waals surface area (Å²) in [6.45, 7) is 2.64. The van der Waals surface area contributed by atoms with Gasteiger partial charge in [-0.1, -0.05) is 23.5 Å². The fourth-order valence-electron chi connectivity index (χ4n) is 4.40. The Morgan fingerprint density at radius 3 is 2.60 bits per heavy atom. The van der Waals surface area contributed by atoms with Crippen molar-refractivity contribution in [2.45, 2.75) is 13.3 Å². The van der Waals surface area contributed by atoms with Crippen molar-refractivity contribution in [1.29, 1.82) is 0 Å². The molecule has 0 saturated carbocycles. The number of anilines is 1. The first kappa shape index (κ1) is 25.5. The van der Waals surface area contributed by atoms with Crippen molar-refractivity contribution in [3.63, 3.8) is 0 Å². The van der Waals surface area contributed by atoms with Crippen molar-refractivity contribution in [3.05, 3.63) is 78.2 Å². The van der Waals surface area contributed by atoms with Gasteiger partial charge in [0.05, 0.1) is 22.7 Å². The van der Waals surface area contributed by atoms with Crippen LogP contribution in [0.25, 0.3) is 21.7 Å². The van der Waals surface area contributed by atoms with Gasteiger partial charge < -0.3 is 18.8 Å². The summed E-state index contributed by atoms with van der Waals surface area (Å²) in [4.78, 5) is 31.8. The van der Waals surface area contributed by atoms with E-state index in [0.717, 1.165) is 22.2 Å². The van der Waals surface area contributed by atoms with E-state index < -0.39 is 0 Å². The number of hydrogen-bond acceptors (Lipinski definition) is 9. The number of aromatic nitrogens is 3. The Bertz CT molecular complexity index is 1660. The van der Waals surface area contributed by atoms with E-state index >= 15 is 0 Å². The molecule has 10 nitrogen and oxygen atoms in total. The lowest BCUT2D eigenvalue weighted by molar-refractivity contribution is -0.130. The minimum atomic E-state index is -0.354. The number of aryl methyl sites for hydroxylation is 1. The number of hydrogen-bond donors (Lipinski definition) is 1. The largest absolute Gasteiger partial charge is 0.493 e. The maximum atomic E-state index is 13.3. The van der Waals surface area contributed by atoms with Crippen molar-refractivity contribution in [2.75, 3.05) is 25.5 Å². The van der Waals surface area contributed by atoms with Gasteiger partial charge in [-0.2, -0.15) is 0 Å². The smallest absolute Gasteiger partial charge is 0.257 e. The number of benzene rings is 3. The lowest BCUT2D eigenvalue weighted by atomic mass is 10.1. The maximum absolute atomic E-state index is 13.3. The van der Waals surface area contributed by atoms with Crippen molar-refractivity contribution < 1.29 is 23.5 Å². The van der Waals surface area contributed by atoms with Gasteiger partial charge in [0.1, 0.15) is 17.2 Å². The van der Waals surface area contributed by atoms with E-state index in [1.165, 1.54) is 11.3 Å². The number of nitrogens with zero attached hydrogens (tertiary/aromatic N) is 4. The number of nitrogens with one attached hydrogen (secondary N) is 1. The molecule has 5 aromatic rings. The third-order valence-electron chi connectivity index (χ3n) is 6.51. The first-order valence-electron chi connectivity index (χ1n) is 12.7. The Morgan fingerprint density at radius 1 is 1.07 bits per heavy atom. The number of fused-ring (bicyclic) bond motifs is 1. The van der Waals surface area contributed by atoms with Crippen LogP contribution in [0.15, 0.2) is 71.1 Å². The van der Waals surface area contributed by atoms with Crippen LogP contribution in [0.1, 0.15) is 22.7 Å². The van der Waals surface area contributed by atoms with E-state index in [-0.39, 0.29) is 24.3 Å². The number of para-hydroxylation sites is 1. The number of amides is 2. The highest BCUT2D eigenvalue weighted by Gasteiger charge is 2.29. The van der Waals surface area contributed by atoms with Crippen molar-refractivity contribution >= 4 is 38.5 Å². The van der Waals surface area contributed by atoms with Gasteiger partial charge in [-0.15, -0.1) is 10.2 Å². The molecule has 11 heteroatoms. The first-order valence-corrected chi connectivity index (χ1v) is 13.5. The quantitative estimate of drug-likeness (QED) is 0.264. The second-order valence-electron chi connectivity index (χ2n) is 9.44. The molecule has 40 heavy (non-hydrogen) atoms. The highest BCUT2D eigenvalue weighted by Crippen LogP contribution is 2.31. The molecule has 1 saturated heterocycles. The van der Waals surface area contributed by atoms with Gasteiger partial charge >= 0.3 is 0 Å². The van der Waals surface area contributed by atoms with E-state index in [2.05, 4.69) is 20.5 Å². The van der Waals surface area contributed by atoms with Gasteiger partial charge in [0.15, 0.2) is 5.13 Å². The lowest BCUT2D eigenvalue weighted by Crippen LogP contribution is -2.25. The molecule has 3 aromatic carbocycles. The van der Waals surface area contributed by atoms with Crippen LogP contribution in [0.3, 0.4) is 0 Å². The molecule has 1 aliphatic rings. The minimum Gasteiger partial charge on any atom is -0.493 e. The second kappa shape index (κ2) is 10.8. The fourth-order valence-corrected chi connectivity index (χ4v) is 5.26. The molecule has 0 spiro atoms. The molecule has 2 amide bonds. The zero-order valence-corrected chi connectivity index (χ0v) is 22.6. The number of rotatable bonds is 8. The molecule has 6 rings (SSSR count). The monoisotopic (exact) mass is 555 g/mol. The summed E-state index contributed by atoms with van der Waals surface area (Å²) in [6, 6.07) is 19.8. The van der Waals surface area contributed by atoms with Gasteiger partial charge in [-0.05, 0) is 55.0 Å². The van der Waals surface area contributed by atoms with E-state index in [4.69, 9.17) is 13.9 Å². The summed E-state index contributed by atoms with van der Waals surface area (Å²) in [5.74, 6) is 1.74. The van der Waals surface area contributed by atoms with Crippen LogP contribution in [-0.4, -0.2) is 52.1 Å². The summed E-state index contributed by atoms with van der Waals surface area (Å²) in [6.07, 6.45) is 0.725. The number of thiazole rings is 1. The van der Waals surface area contributed by atoms with Crippen molar-refractivity contribution in [3.8, 4) is 28.7 Å². The van der Waals surface area contributed by atoms with Gasteiger partial charge in [-0.3, -0.25) is 14.9 Å². The van der Waals surface area contributed by atoms with E-state index in [1.807, 2.05) is 36.4 Å². The Balaban J connectivity index is 1.24. The average molecular weight is 556 g/mol. The number of carbonyl (C=O) groups is 2. The molecule has 0 bridgehead atoms. The van der Waals surface area contributed by atoms with Crippen molar-refractivity contribution in [1.82, 2.24) is 20.1 Å². The zero-order valence-electron chi connectivity index (χ0n) is 21.8. The Morgan fingerprint density at radius 2 is 1.88 bits per heavy atom. The van der Waals surface area contributed by atoms with E-state index in [9.17, 15) is 9.59 Å². The van der Waals surface area contributed by atoms with Gasteiger partial charge in [0.25, 0.3) is 5.91 Å². The van der Waals surface area contributed by atoms with Crippen molar-refractivity contribution in [2.24, 2.45) is 5.92 Å². The number of ether oxygens (including phenoxy) is 2. The third kappa shape index (κ3) is 5.50. The molecule has 1 N–H and O–H groups in total. The predicted molar refractivity (Wildman–Crippen MR) is 150 cm³/mol. The summed E-state index contributed by atoms with van der Waals surface area (Å²) < 4.78 is 18.6. The Kier molecular flexibility index (Phi) is 6.87. The van der Waals surface area contributed by atoms with Gasteiger partial charge in [0.2, 0.25) is 17.7 Å². The zero-order chi connectivity index (χ0) is 27.6.